The number of hydrogen-bond donors (Lipinski definition) is 2. The Bertz CT molecular complexity index is 593. The number of rotatable bonds is 4. The fourth-order valence-electron chi connectivity index (χ4n) is 2.00. The molecule has 0 aliphatic carbocycles. The Balaban J connectivity index is 1.97. The van der Waals surface area contributed by atoms with Gasteiger partial charge in [0.25, 0.3) is 0 Å². The highest BCUT2D eigenvalue weighted by Crippen LogP contribution is 2.18. The number of nitrogens with one attached hydrogen (secondary N) is 1. The van der Waals surface area contributed by atoms with Gasteiger partial charge in [0.05, 0.1) is 12.5 Å². The highest BCUT2D eigenvalue weighted by Gasteiger charge is 2.12. The number of carbonyl (C=O) groups is 1. The van der Waals surface area contributed by atoms with Crippen LogP contribution in [0.15, 0.2) is 48.5 Å². The topological polar surface area (TPSA) is 49.3 Å². The summed E-state index contributed by atoms with van der Waals surface area (Å²) in [6.07, 6.45) is -0.723. The van der Waals surface area contributed by atoms with E-state index in [0.29, 0.717) is 0 Å². The van der Waals surface area contributed by atoms with E-state index in [1.807, 2.05) is 62.4 Å². The smallest absolute Gasteiger partial charge is 0.227 e. The number of aliphatic hydroxyl groups is 1. The fraction of sp³-hybridized carbons (Fsp3) is 0.235. The van der Waals surface area contributed by atoms with Crippen LogP contribution in [0.2, 0.25) is 0 Å². The molecule has 3 heteroatoms. The Morgan fingerprint density at radius 1 is 1.10 bits per heavy atom. The largest absolute Gasteiger partial charge is 0.388 e. The van der Waals surface area contributed by atoms with Gasteiger partial charge in [0.1, 0.15) is 0 Å². The second kappa shape index (κ2) is 6.35. The molecule has 0 aliphatic rings. The van der Waals surface area contributed by atoms with Crippen molar-refractivity contribution in [1.29, 1.82) is 0 Å². The van der Waals surface area contributed by atoms with Crippen LogP contribution in [-0.2, 0) is 4.79 Å². The molecule has 0 radical (unpaired) electrons. The van der Waals surface area contributed by atoms with E-state index < -0.39 is 6.10 Å². The van der Waals surface area contributed by atoms with Crippen LogP contribution in [0.4, 0.5) is 5.69 Å². The molecule has 20 heavy (non-hydrogen) atoms. The van der Waals surface area contributed by atoms with Crippen molar-refractivity contribution in [2.45, 2.75) is 26.4 Å². The van der Waals surface area contributed by atoms with Gasteiger partial charge in [-0.15, -0.1) is 0 Å². The Morgan fingerprint density at radius 2 is 1.80 bits per heavy atom. The minimum Gasteiger partial charge on any atom is -0.388 e. The first-order valence-electron chi connectivity index (χ1n) is 6.66. The van der Waals surface area contributed by atoms with Crippen molar-refractivity contribution in [2.75, 3.05) is 5.32 Å². The third-order valence-corrected chi connectivity index (χ3v) is 3.35. The molecular weight excluding hydrogens is 250 g/mol. The molecular formula is C17H19NO2. The number of aryl methyl sites for hydroxylation is 2. The van der Waals surface area contributed by atoms with Gasteiger partial charge in [-0.3, -0.25) is 4.79 Å². The SMILES string of the molecule is Cc1ccc(NC(=O)CC(O)c2ccccc2)cc1C. The van der Waals surface area contributed by atoms with Crippen LogP contribution in [0.3, 0.4) is 0 Å². The summed E-state index contributed by atoms with van der Waals surface area (Å²) in [5.74, 6) is -0.190. The number of anilines is 1. The first-order valence-corrected chi connectivity index (χ1v) is 6.66. The zero-order valence-electron chi connectivity index (χ0n) is 11.8. The van der Waals surface area contributed by atoms with Crippen LogP contribution in [0.5, 0.6) is 0 Å². The van der Waals surface area contributed by atoms with E-state index in [4.69, 9.17) is 0 Å². The van der Waals surface area contributed by atoms with E-state index in [0.717, 1.165) is 16.8 Å². The van der Waals surface area contributed by atoms with Gasteiger partial charge in [-0.2, -0.15) is 0 Å². The Labute approximate surface area is 119 Å². The van der Waals surface area contributed by atoms with Crippen LogP contribution >= 0.6 is 0 Å². The quantitative estimate of drug-likeness (QED) is 0.894. The molecule has 0 aromatic heterocycles. The first kappa shape index (κ1) is 14.3. The summed E-state index contributed by atoms with van der Waals surface area (Å²) in [5.41, 5.74) is 3.83. The Kier molecular flexibility index (Phi) is 4.53. The maximum Gasteiger partial charge on any atom is 0.227 e. The molecule has 0 saturated carbocycles. The number of aliphatic hydroxyl groups excluding tert-OH is 1. The van der Waals surface area contributed by atoms with E-state index in [2.05, 4.69) is 5.32 Å². The maximum absolute atomic E-state index is 11.9. The maximum atomic E-state index is 11.9. The van der Waals surface area contributed by atoms with Gasteiger partial charge >= 0.3 is 0 Å². The van der Waals surface area contributed by atoms with Crippen LogP contribution < -0.4 is 5.32 Å². The molecule has 1 atom stereocenters. The lowest BCUT2D eigenvalue weighted by Crippen LogP contribution is -2.15. The second-order valence-corrected chi connectivity index (χ2v) is 4.98. The minimum atomic E-state index is -0.775. The summed E-state index contributed by atoms with van der Waals surface area (Å²) in [6, 6.07) is 15.0. The van der Waals surface area contributed by atoms with Crippen molar-refractivity contribution in [3.05, 3.63) is 65.2 Å². The predicted molar refractivity (Wildman–Crippen MR) is 80.6 cm³/mol. The average Bonchev–Trinajstić information content (AvgIpc) is 2.44. The molecule has 0 bridgehead atoms. The Hall–Kier alpha value is -2.13. The number of amides is 1. The molecule has 0 spiro atoms. The highest BCUT2D eigenvalue weighted by molar-refractivity contribution is 5.91. The van der Waals surface area contributed by atoms with Crippen molar-refractivity contribution in [1.82, 2.24) is 0 Å². The van der Waals surface area contributed by atoms with Crippen molar-refractivity contribution >= 4 is 11.6 Å². The van der Waals surface area contributed by atoms with Gasteiger partial charge < -0.3 is 10.4 Å². The summed E-state index contributed by atoms with van der Waals surface area (Å²) >= 11 is 0. The molecule has 2 aromatic carbocycles. The lowest BCUT2D eigenvalue weighted by molar-refractivity contribution is -0.118. The van der Waals surface area contributed by atoms with E-state index in [1.165, 1.54) is 5.56 Å². The minimum absolute atomic E-state index is 0.0525. The van der Waals surface area contributed by atoms with Crippen LogP contribution in [0.1, 0.15) is 29.2 Å². The van der Waals surface area contributed by atoms with E-state index in [-0.39, 0.29) is 12.3 Å². The van der Waals surface area contributed by atoms with Crippen LogP contribution in [-0.4, -0.2) is 11.0 Å². The molecule has 1 unspecified atom stereocenters. The zero-order valence-corrected chi connectivity index (χ0v) is 11.8. The molecule has 2 N–H and O–H groups in total. The molecule has 0 aliphatic heterocycles. The van der Waals surface area contributed by atoms with Gasteiger partial charge in [-0.1, -0.05) is 36.4 Å². The van der Waals surface area contributed by atoms with E-state index >= 15 is 0 Å². The van der Waals surface area contributed by atoms with Crippen LogP contribution in [0.25, 0.3) is 0 Å². The van der Waals surface area contributed by atoms with Gasteiger partial charge in [-0.25, -0.2) is 0 Å². The summed E-state index contributed by atoms with van der Waals surface area (Å²) in [7, 11) is 0. The summed E-state index contributed by atoms with van der Waals surface area (Å²) in [5, 5.41) is 12.8. The molecule has 1 amide bonds. The first-order chi connectivity index (χ1) is 9.56. The van der Waals surface area contributed by atoms with E-state index in [9.17, 15) is 9.90 Å². The van der Waals surface area contributed by atoms with Gasteiger partial charge in [0, 0.05) is 5.69 Å². The normalized spacial score (nSPS) is 11.9. The highest BCUT2D eigenvalue weighted by atomic mass is 16.3. The molecule has 0 saturated heterocycles. The Morgan fingerprint density at radius 3 is 2.45 bits per heavy atom. The van der Waals surface area contributed by atoms with Crippen molar-refractivity contribution < 1.29 is 9.90 Å². The van der Waals surface area contributed by atoms with Crippen molar-refractivity contribution in [2.24, 2.45) is 0 Å². The van der Waals surface area contributed by atoms with Gasteiger partial charge in [0.15, 0.2) is 0 Å². The van der Waals surface area contributed by atoms with E-state index in [1.54, 1.807) is 0 Å². The summed E-state index contributed by atoms with van der Waals surface area (Å²) in [4.78, 5) is 11.9. The lowest BCUT2D eigenvalue weighted by atomic mass is 10.1. The summed E-state index contributed by atoms with van der Waals surface area (Å²) in [6.45, 7) is 4.03. The standard InChI is InChI=1S/C17H19NO2/c1-12-8-9-15(10-13(12)2)18-17(20)11-16(19)14-6-4-3-5-7-14/h3-10,16,19H,11H2,1-2H3,(H,18,20). The molecule has 0 heterocycles. The number of carbonyl (C=O) groups excluding carboxylic acids is 1. The van der Waals surface area contributed by atoms with Crippen molar-refractivity contribution in [3.8, 4) is 0 Å². The van der Waals surface area contributed by atoms with Crippen LogP contribution in [0, 0.1) is 13.8 Å². The zero-order chi connectivity index (χ0) is 14.5. The molecule has 3 nitrogen and oxygen atoms in total. The summed E-state index contributed by atoms with van der Waals surface area (Å²) < 4.78 is 0. The average molecular weight is 269 g/mol. The predicted octanol–water partition coefficient (Wildman–Crippen LogP) is 3.37. The van der Waals surface area contributed by atoms with Gasteiger partial charge in [-0.05, 0) is 42.7 Å². The second-order valence-electron chi connectivity index (χ2n) is 4.98. The fourth-order valence-corrected chi connectivity index (χ4v) is 2.00. The van der Waals surface area contributed by atoms with Gasteiger partial charge in [0.2, 0.25) is 5.91 Å². The lowest BCUT2D eigenvalue weighted by Gasteiger charge is -2.12. The molecule has 2 aromatic rings. The van der Waals surface area contributed by atoms with Crippen molar-refractivity contribution in [3.63, 3.8) is 0 Å². The third kappa shape index (κ3) is 3.68. The molecule has 0 fully saturated rings. The number of hydrogen-bond acceptors (Lipinski definition) is 2. The molecule has 104 valence electrons. The third-order valence-electron chi connectivity index (χ3n) is 3.35. The molecule has 2 rings (SSSR count). The monoisotopic (exact) mass is 269 g/mol. The number of benzene rings is 2.